The van der Waals surface area contributed by atoms with Crippen LogP contribution in [0.5, 0.6) is 0 Å². The number of benzene rings is 1. The molecule has 0 radical (unpaired) electrons. The molecule has 0 spiro atoms. The van der Waals surface area contributed by atoms with E-state index in [-0.39, 0.29) is 23.0 Å². The first-order valence-corrected chi connectivity index (χ1v) is 8.57. The molecule has 1 heterocycles. The standard InChI is InChI=1S/C14H13ClN2O4S/c1-10-12(22(15,19)20)7-8-13(16-10)17-14(18)21-9-11-5-3-2-4-6-11/h2-8H,9H2,1H3,(H,16,17,18). The highest BCUT2D eigenvalue weighted by Crippen LogP contribution is 2.19. The van der Waals surface area contributed by atoms with Crippen LogP contribution in [-0.4, -0.2) is 19.5 Å². The van der Waals surface area contributed by atoms with Crippen molar-refractivity contribution in [2.45, 2.75) is 18.4 Å². The van der Waals surface area contributed by atoms with E-state index in [0.717, 1.165) is 5.56 Å². The van der Waals surface area contributed by atoms with Gasteiger partial charge in [0, 0.05) is 10.7 Å². The molecular formula is C14H13ClN2O4S. The summed E-state index contributed by atoms with van der Waals surface area (Å²) in [6, 6.07) is 11.8. The number of hydrogen-bond acceptors (Lipinski definition) is 5. The molecule has 22 heavy (non-hydrogen) atoms. The third-order valence-electron chi connectivity index (χ3n) is 2.74. The number of ether oxygens (including phenoxy) is 1. The Labute approximate surface area is 132 Å². The van der Waals surface area contributed by atoms with Crippen molar-refractivity contribution in [3.8, 4) is 0 Å². The lowest BCUT2D eigenvalue weighted by Crippen LogP contribution is -2.15. The van der Waals surface area contributed by atoms with Crippen LogP contribution in [0.4, 0.5) is 10.6 Å². The largest absolute Gasteiger partial charge is 0.444 e. The molecule has 0 atom stereocenters. The average molecular weight is 341 g/mol. The van der Waals surface area contributed by atoms with Gasteiger partial charge in [-0.1, -0.05) is 30.3 Å². The Bertz CT molecular complexity index is 779. The van der Waals surface area contributed by atoms with Crippen molar-refractivity contribution in [1.82, 2.24) is 4.98 Å². The Morgan fingerprint density at radius 1 is 1.23 bits per heavy atom. The first kappa shape index (κ1) is 16.3. The summed E-state index contributed by atoms with van der Waals surface area (Å²) in [6.45, 7) is 1.61. The molecule has 0 saturated carbocycles. The molecule has 6 nitrogen and oxygen atoms in total. The van der Waals surface area contributed by atoms with Crippen LogP contribution < -0.4 is 5.32 Å². The van der Waals surface area contributed by atoms with Gasteiger partial charge in [0.05, 0.1) is 5.69 Å². The zero-order valence-corrected chi connectivity index (χ0v) is 13.2. The second kappa shape index (κ2) is 6.76. The molecule has 2 aromatic rings. The SMILES string of the molecule is Cc1nc(NC(=O)OCc2ccccc2)ccc1S(=O)(=O)Cl. The summed E-state index contributed by atoms with van der Waals surface area (Å²) in [5.74, 6) is 0.180. The van der Waals surface area contributed by atoms with Crippen LogP contribution in [0.2, 0.25) is 0 Å². The first-order valence-electron chi connectivity index (χ1n) is 6.26. The summed E-state index contributed by atoms with van der Waals surface area (Å²) in [6.07, 6.45) is -0.683. The number of rotatable bonds is 4. The van der Waals surface area contributed by atoms with E-state index in [1.807, 2.05) is 30.3 Å². The van der Waals surface area contributed by atoms with Crippen molar-refractivity contribution >= 4 is 31.6 Å². The maximum absolute atomic E-state index is 11.7. The number of aromatic nitrogens is 1. The van der Waals surface area contributed by atoms with Crippen LogP contribution in [0, 0.1) is 6.92 Å². The highest BCUT2D eigenvalue weighted by molar-refractivity contribution is 8.13. The number of anilines is 1. The number of carbonyl (C=O) groups is 1. The van der Waals surface area contributed by atoms with Gasteiger partial charge < -0.3 is 4.74 Å². The third kappa shape index (κ3) is 4.44. The second-order valence-electron chi connectivity index (χ2n) is 4.40. The van der Waals surface area contributed by atoms with Gasteiger partial charge in [0.15, 0.2) is 0 Å². The smallest absolute Gasteiger partial charge is 0.413 e. The van der Waals surface area contributed by atoms with Crippen molar-refractivity contribution in [2.24, 2.45) is 0 Å². The lowest BCUT2D eigenvalue weighted by Gasteiger charge is -2.08. The Morgan fingerprint density at radius 3 is 2.50 bits per heavy atom. The van der Waals surface area contributed by atoms with Crippen LogP contribution in [0.1, 0.15) is 11.3 Å². The summed E-state index contributed by atoms with van der Waals surface area (Å²) in [5.41, 5.74) is 1.04. The van der Waals surface area contributed by atoms with E-state index in [1.165, 1.54) is 19.1 Å². The second-order valence-corrected chi connectivity index (χ2v) is 6.94. The molecule has 8 heteroatoms. The van der Waals surface area contributed by atoms with Gasteiger partial charge in [0.2, 0.25) is 0 Å². The highest BCUT2D eigenvalue weighted by atomic mass is 35.7. The molecule has 1 amide bonds. The number of hydrogen-bond donors (Lipinski definition) is 1. The number of nitrogens with one attached hydrogen (secondary N) is 1. The predicted octanol–water partition coefficient (Wildman–Crippen LogP) is 3.07. The third-order valence-corrected chi connectivity index (χ3v) is 4.20. The van der Waals surface area contributed by atoms with Crippen LogP contribution in [0.25, 0.3) is 0 Å². The van der Waals surface area contributed by atoms with Crippen molar-refractivity contribution in [3.05, 3.63) is 53.7 Å². The fourth-order valence-corrected chi connectivity index (χ4v) is 2.86. The Balaban J connectivity index is 1.99. The van der Waals surface area contributed by atoms with Crippen molar-refractivity contribution in [2.75, 3.05) is 5.32 Å². The molecule has 0 saturated heterocycles. The summed E-state index contributed by atoms with van der Waals surface area (Å²) in [7, 11) is 1.40. The zero-order chi connectivity index (χ0) is 16.2. The number of pyridine rings is 1. The molecule has 1 aromatic heterocycles. The fraction of sp³-hybridized carbons (Fsp3) is 0.143. The van der Waals surface area contributed by atoms with Crippen molar-refractivity contribution in [3.63, 3.8) is 0 Å². The molecule has 0 fully saturated rings. The van der Waals surface area contributed by atoms with E-state index in [1.54, 1.807) is 0 Å². The highest BCUT2D eigenvalue weighted by Gasteiger charge is 2.15. The minimum absolute atomic E-state index is 0.0997. The average Bonchev–Trinajstić information content (AvgIpc) is 2.45. The Kier molecular flexibility index (Phi) is 4.99. The van der Waals surface area contributed by atoms with Gasteiger partial charge in [-0.3, -0.25) is 5.32 Å². The van der Waals surface area contributed by atoms with Crippen LogP contribution >= 0.6 is 10.7 Å². The minimum atomic E-state index is -3.86. The van der Waals surface area contributed by atoms with Gasteiger partial charge in [-0.15, -0.1) is 0 Å². The summed E-state index contributed by atoms with van der Waals surface area (Å²) in [4.78, 5) is 15.5. The molecule has 0 aliphatic rings. The fourth-order valence-electron chi connectivity index (χ4n) is 1.74. The van der Waals surface area contributed by atoms with E-state index >= 15 is 0 Å². The quantitative estimate of drug-likeness (QED) is 0.864. The molecule has 116 valence electrons. The Hall–Kier alpha value is -2.12. The van der Waals surface area contributed by atoms with E-state index in [0.29, 0.717) is 0 Å². The maximum Gasteiger partial charge on any atom is 0.413 e. The van der Waals surface area contributed by atoms with Gasteiger partial charge in [0.25, 0.3) is 9.05 Å². The molecular weight excluding hydrogens is 328 g/mol. The summed E-state index contributed by atoms with van der Waals surface area (Å²) in [5, 5.41) is 2.42. The van der Waals surface area contributed by atoms with Crippen molar-refractivity contribution in [1.29, 1.82) is 0 Å². The number of carbonyl (C=O) groups excluding carboxylic acids is 1. The van der Waals surface area contributed by atoms with E-state index < -0.39 is 15.1 Å². The monoisotopic (exact) mass is 340 g/mol. The predicted molar refractivity (Wildman–Crippen MR) is 82.3 cm³/mol. The lowest BCUT2D eigenvalue weighted by molar-refractivity contribution is 0.155. The van der Waals surface area contributed by atoms with Gasteiger partial charge in [-0.2, -0.15) is 0 Å². The minimum Gasteiger partial charge on any atom is -0.444 e. The van der Waals surface area contributed by atoms with Gasteiger partial charge in [-0.25, -0.2) is 18.2 Å². The van der Waals surface area contributed by atoms with E-state index in [2.05, 4.69) is 10.3 Å². The number of amides is 1. The topological polar surface area (TPSA) is 85.4 Å². The zero-order valence-electron chi connectivity index (χ0n) is 11.6. The van der Waals surface area contributed by atoms with E-state index in [9.17, 15) is 13.2 Å². The normalized spacial score (nSPS) is 11.0. The molecule has 0 aliphatic carbocycles. The number of halogens is 1. The molecule has 1 aromatic carbocycles. The summed E-state index contributed by atoms with van der Waals surface area (Å²) >= 11 is 0. The maximum atomic E-state index is 11.7. The molecule has 0 unspecified atom stereocenters. The van der Waals surface area contributed by atoms with Gasteiger partial charge >= 0.3 is 6.09 Å². The lowest BCUT2D eigenvalue weighted by atomic mass is 10.2. The number of aryl methyl sites for hydroxylation is 1. The molecule has 0 aliphatic heterocycles. The van der Waals surface area contributed by atoms with Gasteiger partial charge in [-0.05, 0) is 24.6 Å². The van der Waals surface area contributed by atoms with Crippen LogP contribution in [0.15, 0.2) is 47.4 Å². The Morgan fingerprint density at radius 2 is 1.91 bits per heavy atom. The molecule has 0 bridgehead atoms. The van der Waals surface area contributed by atoms with Crippen molar-refractivity contribution < 1.29 is 17.9 Å². The molecule has 2 rings (SSSR count). The summed E-state index contributed by atoms with van der Waals surface area (Å²) < 4.78 is 27.6. The first-order chi connectivity index (χ1) is 10.4. The number of nitrogens with zero attached hydrogens (tertiary/aromatic N) is 1. The van der Waals surface area contributed by atoms with Crippen LogP contribution in [0.3, 0.4) is 0 Å². The van der Waals surface area contributed by atoms with Gasteiger partial charge in [0.1, 0.15) is 17.3 Å². The van der Waals surface area contributed by atoms with E-state index in [4.69, 9.17) is 15.4 Å². The molecule has 1 N–H and O–H groups in total. The van der Waals surface area contributed by atoms with Crippen LogP contribution in [-0.2, 0) is 20.4 Å².